The molecule has 0 radical (unpaired) electrons. The van der Waals surface area contributed by atoms with Gasteiger partial charge in [-0.25, -0.2) is 0 Å². The number of hydrogen-bond acceptors (Lipinski definition) is 4. The lowest BCUT2D eigenvalue weighted by Crippen LogP contribution is -2.36. The summed E-state index contributed by atoms with van der Waals surface area (Å²) in [6, 6.07) is -0.510. The number of allylic oxidation sites excluding steroid dienone is 3. The molecule has 4 nitrogen and oxygen atoms in total. The molecule has 3 fully saturated rings. The number of aliphatic hydroxyl groups is 2. The third-order valence-corrected chi connectivity index (χ3v) is 8.42. The van der Waals surface area contributed by atoms with E-state index in [0.29, 0.717) is 36.2 Å². The topological polar surface area (TPSA) is 69.9 Å². The monoisotopic (exact) mass is 429 g/mol. The number of rotatable bonds is 7. The van der Waals surface area contributed by atoms with E-state index in [1.807, 2.05) is 0 Å². The maximum Gasteiger partial charge on any atom is 0.119 e. The molecule has 0 spiro atoms. The molecule has 0 aromatic heterocycles. The van der Waals surface area contributed by atoms with Crippen molar-refractivity contribution in [3.05, 3.63) is 39.9 Å². The first-order chi connectivity index (χ1) is 14.8. The van der Waals surface area contributed by atoms with Crippen molar-refractivity contribution in [3.63, 3.8) is 0 Å². The molecule has 4 heteroatoms. The van der Waals surface area contributed by atoms with Crippen molar-refractivity contribution >= 4 is 0 Å². The Bertz CT molecular complexity index is 722. The minimum absolute atomic E-state index is 0.0214. The predicted molar refractivity (Wildman–Crippen MR) is 128 cm³/mol. The molecular formula is C27H43NO3. The van der Waals surface area contributed by atoms with Crippen LogP contribution in [0.1, 0.15) is 85.5 Å². The fourth-order valence-electron chi connectivity index (χ4n) is 7.12. The summed E-state index contributed by atoms with van der Waals surface area (Å²) in [6.45, 7) is 9.72. The van der Waals surface area contributed by atoms with Crippen molar-refractivity contribution in [1.29, 1.82) is 0 Å². The Morgan fingerprint density at radius 2 is 1.97 bits per heavy atom. The zero-order valence-corrected chi connectivity index (χ0v) is 20.0. The van der Waals surface area contributed by atoms with Crippen LogP contribution in [-0.2, 0) is 0 Å². The maximum atomic E-state index is 11.4. The number of hydrogen-bond donors (Lipinski definition) is 2. The van der Waals surface area contributed by atoms with E-state index in [9.17, 15) is 10.0 Å². The van der Waals surface area contributed by atoms with Gasteiger partial charge in [-0.2, -0.15) is 4.91 Å². The van der Waals surface area contributed by atoms with Crippen molar-refractivity contribution in [2.75, 3.05) is 6.61 Å². The zero-order valence-electron chi connectivity index (χ0n) is 20.0. The quantitative estimate of drug-likeness (QED) is 0.367. The molecule has 31 heavy (non-hydrogen) atoms. The normalized spacial score (nSPS) is 38.7. The second-order valence-electron chi connectivity index (χ2n) is 11.0. The molecule has 6 atom stereocenters. The average molecular weight is 430 g/mol. The van der Waals surface area contributed by atoms with Gasteiger partial charge in [0, 0.05) is 6.61 Å². The van der Waals surface area contributed by atoms with Crippen molar-refractivity contribution in [2.24, 2.45) is 34.3 Å². The molecule has 0 aromatic rings. The molecule has 0 saturated heterocycles. The minimum Gasteiger partial charge on any atom is -0.396 e. The van der Waals surface area contributed by atoms with Crippen molar-refractivity contribution in [3.8, 4) is 0 Å². The summed E-state index contributed by atoms with van der Waals surface area (Å²) in [4.78, 5) is 11.4. The van der Waals surface area contributed by atoms with E-state index in [4.69, 9.17) is 5.11 Å². The molecule has 2 N–H and O–H groups in total. The number of aliphatic hydroxyl groups excluding tert-OH is 2. The maximum absolute atomic E-state index is 11.4. The third kappa shape index (κ3) is 5.39. The highest BCUT2D eigenvalue weighted by atomic mass is 16.3. The lowest BCUT2D eigenvalue weighted by molar-refractivity contribution is 0.0893. The molecular weight excluding hydrogens is 386 g/mol. The fourth-order valence-corrected chi connectivity index (χ4v) is 7.12. The molecule has 3 rings (SSSR count). The van der Waals surface area contributed by atoms with Crippen LogP contribution in [-0.4, -0.2) is 29.0 Å². The summed E-state index contributed by atoms with van der Waals surface area (Å²) < 4.78 is 0. The molecule has 0 aliphatic heterocycles. The summed E-state index contributed by atoms with van der Waals surface area (Å²) >= 11 is 0. The summed E-state index contributed by atoms with van der Waals surface area (Å²) in [5.41, 5.74) is 3.78. The van der Waals surface area contributed by atoms with E-state index in [1.165, 1.54) is 38.5 Å². The van der Waals surface area contributed by atoms with Gasteiger partial charge in [0.05, 0.1) is 6.10 Å². The Hall–Kier alpha value is -1.26. The Labute approximate surface area is 188 Å². The molecule has 0 bridgehead atoms. The summed E-state index contributed by atoms with van der Waals surface area (Å²) in [7, 11) is 0. The zero-order chi connectivity index (χ0) is 22.6. The van der Waals surface area contributed by atoms with Crippen molar-refractivity contribution in [2.45, 2.75) is 97.6 Å². The second kappa shape index (κ2) is 10.6. The van der Waals surface area contributed by atoms with Gasteiger partial charge in [0.2, 0.25) is 0 Å². The van der Waals surface area contributed by atoms with E-state index < -0.39 is 12.1 Å². The van der Waals surface area contributed by atoms with Crippen molar-refractivity contribution in [1.82, 2.24) is 0 Å². The van der Waals surface area contributed by atoms with Gasteiger partial charge in [-0.1, -0.05) is 62.2 Å². The van der Waals surface area contributed by atoms with E-state index >= 15 is 0 Å². The average Bonchev–Trinajstić information content (AvgIpc) is 3.08. The van der Waals surface area contributed by atoms with E-state index in [1.54, 1.807) is 11.6 Å². The number of fused-ring (bicyclic) bond motifs is 1. The van der Waals surface area contributed by atoms with Gasteiger partial charge in [-0.15, -0.1) is 0 Å². The van der Waals surface area contributed by atoms with Crippen LogP contribution in [0.5, 0.6) is 0 Å². The first-order valence-electron chi connectivity index (χ1n) is 12.5. The Morgan fingerprint density at radius 1 is 1.19 bits per heavy atom. The number of nitroso groups, excluding NO2 is 1. The van der Waals surface area contributed by atoms with Crippen LogP contribution in [0.25, 0.3) is 0 Å². The second-order valence-corrected chi connectivity index (χ2v) is 11.0. The molecule has 0 aromatic carbocycles. The summed E-state index contributed by atoms with van der Waals surface area (Å²) in [5, 5.41) is 22.9. The van der Waals surface area contributed by atoms with Gasteiger partial charge >= 0.3 is 0 Å². The molecule has 3 aliphatic rings. The van der Waals surface area contributed by atoms with Gasteiger partial charge in [-0.05, 0) is 92.4 Å². The summed E-state index contributed by atoms with van der Waals surface area (Å²) in [6.07, 6.45) is 15.0. The SMILES string of the molecule is CC(C)C[C@H](C)C1CCC2/C(=C/C=C3/C[C@@H](O)/C(=C\CCO)[C@H](N=O)C3)CCC[C@@]21C. The molecule has 0 heterocycles. The smallest absolute Gasteiger partial charge is 0.119 e. The Balaban J connectivity index is 1.75. The highest BCUT2D eigenvalue weighted by Gasteiger charge is 2.50. The minimum atomic E-state index is -0.669. The van der Waals surface area contributed by atoms with Gasteiger partial charge in [-0.3, -0.25) is 0 Å². The highest BCUT2D eigenvalue weighted by molar-refractivity contribution is 5.32. The largest absolute Gasteiger partial charge is 0.396 e. The van der Waals surface area contributed by atoms with Crippen LogP contribution in [0, 0.1) is 34.0 Å². The van der Waals surface area contributed by atoms with Gasteiger partial charge < -0.3 is 10.2 Å². The lowest BCUT2D eigenvalue weighted by Gasteiger charge is -2.44. The van der Waals surface area contributed by atoms with Crippen LogP contribution in [0.15, 0.2) is 40.1 Å². The third-order valence-electron chi connectivity index (χ3n) is 8.42. The standard InChI is InChI=1S/C27H43NO3/c1-18(2)15-19(3)23-11-12-24-21(7-5-13-27(23,24)4)10-9-20-16-25(28-31)22(8-6-14-29)26(30)17-20/h8-10,18-19,23-26,29-30H,5-7,11-17H2,1-4H3/b20-9+,21-10+,22-8-/t19-,23?,24?,25+,26+,27+/m0/s1. The van der Waals surface area contributed by atoms with E-state index in [0.717, 1.165) is 23.3 Å². The first kappa shape index (κ1) is 24.4. The summed E-state index contributed by atoms with van der Waals surface area (Å²) in [5.74, 6) is 3.03. The van der Waals surface area contributed by atoms with Gasteiger partial charge in [0.15, 0.2) is 0 Å². The first-order valence-corrected chi connectivity index (χ1v) is 12.5. The van der Waals surface area contributed by atoms with Crippen molar-refractivity contribution < 1.29 is 10.2 Å². The molecule has 2 unspecified atom stereocenters. The Morgan fingerprint density at radius 3 is 2.65 bits per heavy atom. The van der Waals surface area contributed by atoms with E-state index in [-0.39, 0.29) is 6.61 Å². The molecule has 174 valence electrons. The van der Waals surface area contributed by atoms with Crippen LogP contribution >= 0.6 is 0 Å². The van der Waals surface area contributed by atoms with Crippen LogP contribution in [0.3, 0.4) is 0 Å². The molecule has 3 saturated carbocycles. The molecule has 0 amide bonds. The molecule has 3 aliphatic carbocycles. The van der Waals surface area contributed by atoms with E-state index in [2.05, 4.69) is 45.0 Å². The predicted octanol–water partition coefficient (Wildman–Crippen LogP) is 6.34. The van der Waals surface area contributed by atoms with Gasteiger partial charge in [0.25, 0.3) is 0 Å². The van der Waals surface area contributed by atoms with Crippen LogP contribution in [0.2, 0.25) is 0 Å². The van der Waals surface area contributed by atoms with Crippen LogP contribution < -0.4 is 0 Å². The highest BCUT2D eigenvalue weighted by Crippen LogP contribution is 2.60. The van der Waals surface area contributed by atoms with Crippen LogP contribution in [0.4, 0.5) is 0 Å². The number of nitrogens with zero attached hydrogens (tertiary/aromatic N) is 1. The van der Waals surface area contributed by atoms with Gasteiger partial charge in [0.1, 0.15) is 6.04 Å². The lowest BCUT2D eigenvalue weighted by atomic mass is 9.60. The fraction of sp³-hybridized carbons (Fsp3) is 0.778. The Kier molecular flexibility index (Phi) is 8.31.